The van der Waals surface area contributed by atoms with Gasteiger partial charge in [0.25, 0.3) is 0 Å². The molecule has 0 fully saturated rings. The minimum Gasteiger partial charge on any atom is -0.348 e. The lowest BCUT2D eigenvalue weighted by Gasteiger charge is -2.37. The Morgan fingerprint density at radius 3 is 2.77 bits per heavy atom. The highest BCUT2D eigenvalue weighted by molar-refractivity contribution is 9.10. The van der Waals surface area contributed by atoms with Crippen molar-refractivity contribution in [1.29, 1.82) is 0 Å². The molecule has 2 heterocycles. The molecule has 2 amide bonds. The summed E-state index contributed by atoms with van der Waals surface area (Å²) in [6, 6.07) is 12.0. The number of fused-ring (bicyclic) bond motifs is 1. The van der Waals surface area contributed by atoms with Gasteiger partial charge in [0.1, 0.15) is 0 Å². The Morgan fingerprint density at radius 1 is 1.27 bits per heavy atom. The van der Waals surface area contributed by atoms with E-state index in [0.29, 0.717) is 0 Å². The van der Waals surface area contributed by atoms with Crippen molar-refractivity contribution in [3.05, 3.63) is 52.8 Å². The van der Waals surface area contributed by atoms with Crippen LogP contribution in [0.25, 0.3) is 0 Å². The Morgan fingerprint density at radius 2 is 2.05 bits per heavy atom. The minimum atomic E-state index is -0.0202. The number of urea groups is 1. The molecule has 0 aliphatic carbocycles. The number of hydrogen-bond acceptors (Lipinski definition) is 1. The highest BCUT2D eigenvalue weighted by Crippen LogP contribution is 2.30. The van der Waals surface area contributed by atoms with Crippen molar-refractivity contribution in [3.63, 3.8) is 0 Å². The second-order valence-electron chi connectivity index (χ2n) is 5.56. The van der Waals surface area contributed by atoms with Crippen LogP contribution in [-0.4, -0.2) is 22.0 Å². The number of rotatable bonds is 3. The molecule has 1 aliphatic rings. The van der Waals surface area contributed by atoms with E-state index in [1.54, 1.807) is 0 Å². The third kappa shape index (κ3) is 3.04. The number of carbonyl (C=O) groups excluding carboxylic acids is 1. The second-order valence-corrected chi connectivity index (χ2v) is 6.48. The van der Waals surface area contributed by atoms with Crippen molar-refractivity contribution < 1.29 is 4.79 Å². The SMILES string of the molecule is CCC[C@@H]1c2cccn2CCN1C(=O)Nc1ccc(Br)cc1. The van der Waals surface area contributed by atoms with E-state index in [1.165, 1.54) is 5.69 Å². The Balaban J connectivity index is 1.77. The van der Waals surface area contributed by atoms with Crippen molar-refractivity contribution >= 4 is 27.6 Å². The molecule has 1 aliphatic heterocycles. The molecule has 116 valence electrons. The van der Waals surface area contributed by atoms with Gasteiger partial charge < -0.3 is 14.8 Å². The molecular weight excluding hydrogens is 342 g/mol. The number of anilines is 1. The molecule has 4 nitrogen and oxygen atoms in total. The Kier molecular flexibility index (Phi) is 4.52. The van der Waals surface area contributed by atoms with Crippen LogP contribution in [0.3, 0.4) is 0 Å². The van der Waals surface area contributed by atoms with Crippen LogP contribution in [0, 0.1) is 0 Å². The van der Waals surface area contributed by atoms with Gasteiger partial charge in [-0.05, 0) is 42.8 Å². The first-order chi connectivity index (χ1) is 10.7. The van der Waals surface area contributed by atoms with E-state index >= 15 is 0 Å². The number of amides is 2. The minimum absolute atomic E-state index is 0.0202. The molecule has 0 spiro atoms. The largest absolute Gasteiger partial charge is 0.348 e. The lowest BCUT2D eigenvalue weighted by Crippen LogP contribution is -2.44. The van der Waals surface area contributed by atoms with Gasteiger partial charge >= 0.3 is 6.03 Å². The Bertz CT molecular complexity index is 650. The number of benzene rings is 1. The highest BCUT2D eigenvalue weighted by atomic mass is 79.9. The standard InChI is InChI=1S/C17H20BrN3O/c1-2-4-16-15-5-3-10-20(15)11-12-21(16)17(22)19-14-8-6-13(18)7-9-14/h3,5-10,16H,2,4,11-12H2,1H3,(H,19,22)/t16-/m1/s1. The molecule has 3 rings (SSSR count). The lowest BCUT2D eigenvalue weighted by atomic mass is 10.0. The van der Waals surface area contributed by atoms with Gasteiger partial charge in [0.2, 0.25) is 0 Å². The van der Waals surface area contributed by atoms with E-state index in [-0.39, 0.29) is 12.1 Å². The first-order valence-electron chi connectivity index (χ1n) is 7.67. The van der Waals surface area contributed by atoms with Crippen LogP contribution in [0.2, 0.25) is 0 Å². The summed E-state index contributed by atoms with van der Waals surface area (Å²) in [6.45, 7) is 3.76. The van der Waals surface area contributed by atoms with Gasteiger partial charge in [0.05, 0.1) is 6.04 Å². The molecular formula is C17H20BrN3O. The normalized spacial score (nSPS) is 17.2. The molecule has 1 atom stereocenters. The van der Waals surface area contributed by atoms with Gasteiger partial charge in [-0.15, -0.1) is 0 Å². The molecule has 0 saturated carbocycles. The summed E-state index contributed by atoms with van der Waals surface area (Å²) in [5.74, 6) is 0. The summed E-state index contributed by atoms with van der Waals surface area (Å²) in [5.41, 5.74) is 2.06. The van der Waals surface area contributed by atoms with E-state index in [2.05, 4.69) is 51.1 Å². The first kappa shape index (κ1) is 15.2. The predicted octanol–water partition coefficient (Wildman–Crippen LogP) is 4.64. The van der Waals surface area contributed by atoms with Crippen molar-refractivity contribution in [3.8, 4) is 0 Å². The van der Waals surface area contributed by atoms with Crippen LogP contribution >= 0.6 is 15.9 Å². The average molecular weight is 362 g/mol. The van der Waals surface area contributed by atoms with Gasteiger partial charge in [-0.1, -0.05) is 29.3 Å². The Hall–Kier alpha value is -1.75. The molecule has 1 aromatic carbocycles. The van der Waals surface area contributed by atoms with Gasteiger partial charge in [-0.2, -0.15) is 0 Å². The second kappa shape index (κ2) is 6.57. The maximum atomic E-state index is 12.7. The molecule has 0 unspecified atom stereocenters. The van der Waals surface area contributed by atoms with Gasteiger partial charge in [-0.3, -0.25) is 0 Å². The maximum absolute atomic E-state index is 12.7. The Labute approximate surface area is 139 Å². The number of nitrogens with one attached hydrogen (secondary N) is 1. The van der Waals surface area contributed by atoms with E-state index in [9.17, 15) is 4.79 Å². The summed E-state index contributed by atoms with van der Waals surface area (Å²) in [5, 5.41) is 3.01. The summed E-state index contributed by atoms with van der Waals surface area (Å²) in [6.07, 6.45) is 4.14. The van der Waals surface area contributed by atoms with Crippen LogP contribution in [0.5, 0.6) is 0 Å². The molecule has 22 heavy (non-hydrogen) atoms. The van der Waals surface area contributed by atoms with Crippen LogP contribution in [0.1, 0.15) is 31.5 Å². The van der Waals surface area contributed by atoms with Gasteiger partial charge in [-0.25, -0.2) is 4.79 Å². The number of halogens is 1. The zero-order valence-electron chi connectivity index (χ0n) is 12.6. The third-order valence-electron chi connectivity index (χ3n) is 4.08. The predicted molar refractivity (Wildman–Crippen MR) is 91.9 cm³/mol. The van der Waals surface area contributed by atoms with E-state index in [1.807, 2.05) is 29.2 Å². The van der Waals surface area contributed by atoms with Crippen molar-refractivity contribution in [2.75, 3.05) is 11.9 Å². The topological polar surface area (TPSA) is 37.3 Å². The summed E-state index contributed by atoms with van der Waals surface area (Å²) in [7, 11) is 0. The quantitative estimate of drug-likeness (QED) is 0.849. The number of carbonyl (C=O) groups is 1. The molecule has 1 N–H and O–H groups in total. The third-order valence-corrected chi connectivity index (χ3v) is 4.61. The number of hydrogen-bond donors (Lipinski definition) is 1. The molecule has 1 aromatic heterocycles. The maximum Gasteiger partial charge on any atom is 0.322 e. The van der Waals surface area contributed by atoms with Gasteiger partial charge in [0.15, 0.2) is 0 Å². The van der Waals surface area contributed by atoms with Crippen molar-refractivity contribution in [2.45, 2.75) is 32.4 Å². The van der Waals surface area contributed by atoms with Gasteiger partial charge in [0, 0.05) is 35.1 Å². The van der Waals surface area contributed by atoms with E-state index < -0.39 is 0 Å². The van der Waals surface area contributed by atoms with Crippen LogP contribution < -0.4 is 5.32 Å². The molecule has 0 saturated heterocycles. The number of aromatic nitrogens is 1. The molecule has 5 heteroatoms. The van der Waals surface area contributed by atoms with Crippen molar-refractivity contribution in [1.82, 2.24) is 9.47 Å². The smallest absolute Gasteiger partial charge is 0.322 e. The average Bonchev–Trinajstić information content (AvgIpc) is 2.99. The summed E-state index contributed by atoms with van der Waals surface area (Å²) < 4.78 is 3.26. The van der Waals surface area contributed by atoms with Crippen LogP contribution in [0.15, 0.2) is 47.1 Å². The fourth-order valence-electron chi connectivity index (χ4n) is 3.01. The van der Waals surface area contributed by atoms with E-state index in [4.69, 9.17) is 0 Å². The fourth-order valence-corrected chi connectivity index (χ4v) is 3.28. The molecule has 0 radical (unpaired) electrons. The zero-order chi connectivity index (χ0) is 15.5. The highest BCUT2D eigenvalue weighted by Gasteiger charge is 2.30. The molecule has 2 aromatic rings. The van der Waals surface area contributed by atoms with Crippen LogP contribution in [0.4, 0.5) is 10.5 Å². The summed E-state index contributed by atoms with van der Waals surface area (Å²) >= 11 is 3.41. The fraction of sp³-hybridized carbons (Fsp3) is 0.353. The summed E-state index contributed by atoms with van der Waals surface area (Å²) in [4.78, 5) is 14.6. The lowest BCUT2D eigenvalue weighted by molar-refractivity contribution is 0.163. The molecule has 0 bridgehead atoms. The van der Waals surface area contributed by atoms with E-state index in [0.717, 1.165) is 36.1 Å². The number of nitrogens with zero attached hydrogens (tertiary/aromatic N) is 2. The zero-order valence-corrected chi connectivity index (χ0v) is 14.2. The van der Waals surface area contributed by atoms with Crippen molar-refractivity contribution in [2.24, 2.45) is 0 Å². The van der Waals surface area contributed by atoms with Crippen LogP contribution in [-0.2, 0) is 6.54 Å². The monoisotopic (exact) mass is 361 g/mol. The first-order valence-corrected chi connectivity index (χ1v) is 8.46.